The molecule has 1 fully saturated rings. The van der Waals surface area contributed by atoms with E-state index < -0.39 is 0 Å². The molecule has 158 valence electrons. The normalized spacial score (nSPS) is 15.0. The van der Waals surface area contributed by atoms with Crippen LogP contribution in [0.25, 0.3) is 0 Å². The Bertz CT molecular complexity index is 748. The summed E-state index contributed by atoms with van der Waals surface area (Å²) in [4.78, 5) is 9.20. The van der Waals surface area contributed by atoms with Gasteiger partial charge in [-0.05, 0) is 42.8 Å². The number of aliphatic imine (C=N–C) groups is 1. The number of nitrogens with zero attached hydrogens (tertiary/aromatic N) is 3. The molecule has 3 rings (SSSR count). The third-order valence-electron chi connectivity index (χ3n) is 5.01. The van der Waals surface area contributed by atoms with E-state index in [1.54, 1.807) is 13.1 Å². The zero-order valence-electron chi connectivity index (χ0n) is 17.0. The fourth-order valence-electron chi connectivity index (χ4n) is 3.43. The number of piperazine rings is 1. The minimum absolute atomic E-state index is 0. The topological polar surface area (TPSA) is 42.9 Å². The number of hydrogen-bond acceptors (Lipinski definition) is 3. The van der Waals surface area contributed by atoms with Gasteiger partial charge in [0.05, 0.1) is 0 Å². The molecule has 2 N–H and O–H groups in total. The average molecular weight is 511 g/mol. The second kappa shape index (κ2) is 12.6. The minimum atomic E-state index is -0.213. The molecule has 0 saturated carbocycles. The highest BCUT2D eigenvalue weighted by Gasteiger charge is 2.16. The van der Waals surface area contributed by atoms with Gasteiger partial charge in [-0.15, -0.1) is 24.0 Å². The summed E-state index contributed by atoms with van der Waals surface area (Å²) in [6.45, 7) is 6.85. The highest BCUT2D eigenvalue weighted by molar-refractivity contribution is 14.0. The first-order chi connectivity index (χ1) is 13.7. The minimum Gasteiger partial charge on any atom is -0.369 e. The third-order valence-corrected chi connectivity index (χ3v) is 5.01. The van der Waals surface area contributed by atoms with Crippen molar-refractivity contribution in [3.05, 3.63) is 66.0 Å². The monoisotopic (exact) mass is 511 g/mol. The Morgan fingerprint density at radius 2 is 1.76 bits per heavy atom. The van der Waals surface area contributed by atoms with Crippen molar-refractivity contribution < 1.29 is 4.39 Å². The van der Waals surface area contributed by atoms with Gasteiger partial charge < -0.3 is 15.5 Å². The first-order valence-corrected chi connectivity index (χ1v) is 9.96. The van der Waals surface area contributed by atoms with Gasteiger partial charge in [-0.3, -0.25) is 9.89 Å². The molecule has 0 bridgehead atoms. The van der Waals surface area contributed by atoms with Crippen LogP contribution in [-0.4, -0.2) is 57.2 Å². The highest BCUT2D eigenvalue weighted by atomic mass is 127. The van der Waals surface area contributed by atoms with E-state index in [9.17, 15) is 4.39 Å². The van der Waals surface area contributed by atoms with E-state index in [1.807, 2.05) is 6.07 Å². The molecule has 0 spiro atoms. The number of rotatable bonds is 7. The fraction of sp³-hybridized carbons (Fsp3) is 0.409. The molecule has 5 nitrogen and oxygen atoms in total. The Kier molecular flexibility index (Phi) is 10.2. The second-order valence-corrected chi connectivity index (χ2v) is 7.00. The molecule has 0 radical (unpaired) electrons. The molecule has 0 atom stereocenters. The zero-order chi connectivity index (χ0) is 19.6. The van der Waals surface area contributed by atoms with Crippen molar-refractivity contribution in [3.8, 4) is 0 Å². The van der Waals surface area contributed by atoms with Gasteiger partial charge in [0.2, 0.25) is 0 Å². The Hall–Kier alpha value is -1.87. The lowest BCUT2D eigenvalue weighted by molar-refractivity contribution is 0.255. The molecule has 0 unspecified atom stereocenters. The molecule has 1 saturated heterocycles. The Balaban J connectivity index is 0.00000300. The third kappa shape index (κ3) is 7.81. The summed E-state index contributed by atoms with van der Waals surface area (Å²) in [6.07, 6.45) is 1.06. The first-order valence-electron chi connectivity index (χ1n) is 9.96. The van der Waals surface area contributed by atoms with Crippen molar-refractivity contribution >= 4 is 35.6 Å². The molecule has 7 heteroatoms. The maximum Gasteiger partial charge on any atom is 0.191 e. The largest absolute Gasteiger partial charge is 0.369 e. The van der Waals surface area contributed by atoms with Crippen LogP contribution in [0.5, 0.6) is 0 Å². The number of hydrogen-bond donors (Lipinski definition) is 2. The van der Waals surface area contributed by atoms with Crippen molar-refractivity contribution in [2.75, 3.05) is 51.2 Å². The number of para-hydroxylation sites is 1. The molecule has 0 amide bonds. The molecule has 0 aliphatic carbocycles. The number of halogens is 2. The van der Waals surface area contributed by atoms with Crippen molar-refractivity contribution in [2.24, 2.45) is 4.99 Å². The van der Waals surface area contributed by atoms with Crippen LogP contribution < -0.4 is 15.5 Å². The standard InChI is InChI=1S/C22H30FN5.HI/c1-24-22(26-18-19-7-5-8-20(23)17-19)25-11-6-12-27-13-15-28(16-14-27)21-9-3-2-4-10-21;/h2-5,7-10,17H,6,11-16,18H2,1H3,(H2,24,25,26);1H. The molecule has 1 heterocycles. The molecule has 1 aliphatic heterocycles. The summed E-state index contributed by atoms with van der Waals surface area (Å²) < 4.78 is 13.2. The summed E-state index contributed by atoms with van der Waals surface area (Å²) >= 11 is 0. The van der Waals surface area contributed by atoms with Gasteiger partial charge in [0.25, 0.3) is 0 Å². The summed E-state index contributed by atoms with van der Waals surface area (Å²) in [6, 6.07) is 17.2. The van der Waals surface area contributed by atoms with Crippen LogP contribution in [0, 0.1) is 5.82 Å². The van der Waals surface area contributed by atoms with Gasteiger partial charge in [0.15, 0.2) is 5.96 Å². The lowest BCUT2D eigenvalue weighted by Gasteiger charge is -2.36. The van der Waals surface area contributed by atoms with Crippen LogP contribution in [0.1, 0.15) is 12.0 Å². The summed E-state index contributed by atoms with van der Waals surface area (Å²) in [7, 11) is 1.75. The van der Waals surface area contributed by atoms with Crippen molar-refractivity contribution in [3.63, 3.8) is 0 Å². The smallest absolute Gasteiger partial charge is 0.191 e. The van der Waals surface area contributed by atoms with Crippen LogP contribution in [0.3, 0.4) is 0 Å². The van der Waals surface area contributed by atoms with Crippen LogP contribution in [0.4, 0.5) is 10.1 Å². The van der Waals surface area contributed by atoms with Gasteiger partial charge in [0, 0.05) is 52.0 Å². The Morgan fingerprint density at radius 1 is 1.00 bits per heavy atom. The highest BCUT2D eigenvalue weighted by Crippen LogP contribution is 2.15. The summed E-state index contributed by atoms with van der Waals surface area (Å²) in [5.41, 5.74) is 2.22. The zero-order valence-corrected chi connectivity index (χ0v) is 19.3. The van der Waals surface area contributed by atoms with Crippen LogP contribution in [-0.2, 0) is 6.54 Å². The van der Waals surface area contributed by atoms with Gasteiger partial charge >= 0.3 is 0 Å². The van der Waals surface area contributed by atoms with Gasteiger partial charge in [-0.2, -0.15) is 0 Å². The molecule has 2 aromatic carbocycles. The Morgan fingerprint density at radius 3 is 2.45 bits per heavy atom. The van der Waals surface area contributed by atoms with E-state index in [2.05, 4.69) is 55.8 Å². The predicted octanol–water partition coefficient (Wildman–Crippen LogP) is 3.32. The maximum absolute atomic E-state index is 13.2. The van der Waals surface area contributed by atoms with Crippen molar-refractivity contribution in [1.29, 1.82) is 0 Å². The second-order valence-electron chi connectivity index (χ2n) is 7.00. The van der Waals surface area contributed by atoms with Crippen molar-refractivity contribution in [2.45, 2.75) is 13.0 Å². The number of nitrogens with one attached hydrogen (secondary N) is 2. The fourth-order valence-corrected chi connectivity index (χ4v) is 3.43. The van der Waals surface area contributed by atoms with E-state index in [1.165, 1.54) is 17.8 Å². The van der Waals surface area contributed by atoms with Crippen molar-refractivity contribution in [1.82, 2.24) is 15.5 Å². The lowest BCUT2D eigenvalue weighted by atomic mass is 10.2. The van der Waals surface area contributed by atoms with E-state index in [0.717, 1.165) is 57.2 Å². The van der Waals surface area contributed by atoms with E-state index in [4.69, 9.17) is 0 Å². The predicted molar refractivity (Wildman–Crippen MR) is 130 cm³/mol. The molecule has 1 aliphatic rings. The average Bonchev–Trinajstić information content (AvgIpc) is 2.74. The number of anilines is 1. The number of benzene rings is 2. The van der Waals surface area contributed by atoms with E-state index >= 15 is 0 Å². The SMILES string of the molecule is CN=C(NCCCN1CCN(c2ccccc2)CC1)NCc1cccc(F)c1.I. The molecular formula is C22H31FIN5. The van der Waals surface area contributed by atoms with Gasteiger partial charge in [-0.1, -0.05) is 30.3 Å². The van der Waals surface area contributed by atoms with Crippen LogP contribution in [0.2, 0.25) is 0 Å². The first kappa shape index (κ1) is 23.4. The van der Waals surface area contributed by atoms with E-state index in [-0.39, 0.29) is 29.8 Å². The van der Waals surface area contributed by atoms with Gasteiger partial charge in [-0.25, -0.2) is 4.39 Å². The molecule has 29 heavy (non-hydrogen) atoms. The quantitative estimate of drug-likeness (QED) is 0.259. The Labute approximate surface area is 190 Å². The van der Waals surface area contributed by atoms with Crippen LogP contribution in [0.15, 0.2) is 59.6 Å². The van der Waals surface area contributed by atoms with Gasteiger partial charge in [0.1, 0.15) is 5.82 Å². The lowest BCUT2D eigenvalue weighted by Crippen LogP contribution is -2.47. The molecule has 2 aromatic rings. The maximum atomic E-state index is 13.2. The summed E-state index contributed by atoms with van der Waals surface area (Å²) in [5, 5.41) is 6.56. The summed E-state index contributed by atoms with van der Waals surface area (Å²) in [5.74, 6) is 0.535. The number of guanidine groups is 1. The van der Waals surface area contributed by atoms with E-state index in [0.29, 0.717) is 6.54 Å². The molecular weight excluding hydrogens is 480 g/mol. The van der Waals surface area contributed by atoms with Crippen LogP contribution >= 0.6 is 24.0 Å². The molecule has 0 aromatic heterocycles.